The zero-order valence-corrected chi connectivity index (χ0v) is 16.1. The van der Waals surface area contributed by atoms with Crippen LogP contribution in [0.4, 0.5) is 0 Å². The molecule has 0 aliphatic carbocycles. The molecule has 0 saturated carbocycles. The van der Waals surface area contributed by atoms with Gasteiger partial charge in [-0.15, -0.1) is 0 Å². The molecule has 3 rings (SSSR count). The quantitative estimate of drug-likeness (QED) is 0.509. The van der Waals surface area contributed by atoms with Crippen LogP contribution in [-0.2, 0) is 11.8 Å². The molecule has 2 aromatic carbocycles. The summed E-state index contributed by atoms with van der Waals surface area (Å²) >= 11 is 7.08. The number of hydrazine groups is 1. The fourth-order valence-electron chi connectivity index (χ4n) is 2.37. The lowest BCUT2D eigenvalue weighted by molar-refractivity contribution is -0.119. The number of thioether (sulfide) groups is 1. The molecule has 3 aromatic rings. The Balaban J connectivity index is 1.52. The summed E-state index contributed by atoms with van der Waals surface area (Å²) in [7, 11) is 1.90. The molecule has 138 valence electrons. The predicted molar refractivity (Wildman–Crippen MR) is 106 cm³/mol. The van der Waals surface area contributed by atoms with Gasteiger partial charge in [-0.3, -0.25) is 20.4 Å². The third-order valence-corrected chi connectivity index (χ3v) is 5.07. The van der Waals surface area contributed by atoms with E-state index in [0.29, 0.717) is 15.7 Å². The summed E-state index contributed by atoms with van der Waals surface area (Å²) in [6, 6.07) is 16.3. The van der Waals surface area contributed by atoms with Crippen molar-refractivity contribution in [1.82, 2.24) is 20.4 Å². The number of aromatic nitrogens is 2. The zero-order chi connectivity index (χ0) is 19.2. The lowest BCUT2D eigenvalue weighted by Gasteiger charge is -2.08. The van der Waals surface area contributed by atoms with Gasteiger partial charge in [0, 0.05) is 17.6 Å². The highest BCUT2D eigenvalue weighted by molar-refractivity contribution is 7.99. The maximum absolute atomic E-state index is 12.0. The largest absolute Gasteiger partial charge is 0.322 e. The Labute approximate surface area is 165 Å². The lowest BCUT2D eigenvalue weighted by atomic mass is 10.2. The fourth-order valence-corrected chi connectivity index (χ4v) is 3.25. The summed E-state index contributed by atoms with van der Waals surface area (Å²) < 4.78 is 1.93. The molecular formula is C19H17ClN4O2S. The highest BCUT2D eigenvalue weighted by Gasteiger charge is 2.12. The van der Waals surface area contributed by atoms with Crippen molar-refractivity contribution < 1.29 is 9.59 Å². The monoisotopic (exact) mass is 400 g/mol. The maximum Gasteiger partial charge on any atom is 0.269 e. The standard InChI is InChI=1S/C19H17ClN4O2S/c1-24-16(13-5-3-2-4-6-13)11-21-19(24)27-12-17(25)22-23-18(26)14-7-9-15(20)10-8-14/h2-11H,12H2,1H3,(H,22,25)(H,23,26). The summed E-state index contributed by atoms with van der Waals surface area (Å²) in [5.74, 6) is -0.611. The van der Waals surface area contributed by atoms with Crippen molar-refractivity contribution in [1.29, 1.82) is 0 Å². The van der Waals surface area contributed by atoms with Crippen LogP contribution in [-0.4, -0.2) is 27.1 Å². The van der Waals surface area contributed by atoms with Gasteiger partial charge >= 0.3 is 0 Å². The number of nitrogens with one attached hydrogen (secondary N) is 2. The van der Waals surface area contributed by atoms with Crippen LogP contribution in [0.2, 0.25) is 5.02 Å². The van der Waals surface area contributed by atoms with E-state index in [1.54, 1.807) is 30.5 Å². The third kappa shape index (κ3) is 4.90. The van der Waals surface area contributed by atoms with E-state index in [1.165, 1.54) is 11.8 Å². The molecule has 0 aliphatic rings. The van der Waals surface area contributed by atoms with Crippen molar-refractivity contribution >= 4 is 35.2 Å². The number of hydrogen-bond acceptors (Lipinski definition) is 4. The summed E-state index contributed by atoms with van der Waals surface area (Å²) in [6.07, 6.45) is 1.78. The van der Waals surface area contributed by atoms with Crippen molar-refractivity contribution in [2.24, 2.45) is 7.05 Å². The molecule has 0 radical (unpaired) electrons. The molecule has 0 fully saturated rings. The molecule has 2 amide bonds. The fraction of sp³-hybridized carbons (Fsp3) is 0.105. The lowest BCUT2D eigenvalue weighted by Crippen LogP contribution is -2.42. The number of carbonyl (C=O) groups is 2. The average molecular weight is 401 g/mol. The second-order valence-corrected chi connectivity index (χ2v) is 7.03. The highest BCUT2D eigenvalue weighted by atomic mass is 35.5. The van der Waals surface area contributed by atoms with E-state index < -0.39 is 5.91 Å². The molecule has 0 unspecified atom stereocenters. The van der Waals surface area contributed by atoms with Crippen molar-refractivity contribution in [2.45, 2.75) is 5.16 Å². The van der Waals surface area contributed by atoms with E-state index in [9.17, 15) is 9.59 Å². The minimum absolute atomic E-state index is 0.125. The Morgan fingerprint density at radius 2 is 1.78 bits per heavy atom. The SMILES string of the molecule is Cn1c(-c2ccccc2)cnc1SCC(=O)NNC(=O)c1ccc(Cl)cc1. The van der Waals surface area contributed by atoms with Crippen LogP contribution in [0.3, 0.4) is 0 Å². The molecule has 0 bridgehead atoms. The van der Waals surface area contributed by atoms with Gasteiger partial charge in [0.15, 0.2) is 5.16 Å². The molecule has 0 aliphatic heterocycles. The Kier molecular flexibility index (Phi) is 6.16. The van der Waals surface area contributed by atoms with Crippen LogP contribution >= 0.6 is 23.4 Å². The molecule has 0 saturated heterocycles. The van der Waals surface area contributed by atoms with Crippen molar-refractivity contribution in [3.8, 4) is 11.3 Å². The Morgan fingerprint density at radius 3 is 2.48 bits per heavy atom. The number of imidazole rings is 1. The number of benzene rings is 2. The van der Waals surface area contributed by atoms with Crippen molar-refractivity contribution in [3.05, 3.63) is 71.4 Å². The third-order valence-electron chi connectivity index (χ3n) is 3.77. The van der Waals surface area contributed by atoms with Gasteiger partial charge in [-0.2, -0.15) is 0 Å². The molecule has 8 heteroatoms. The Morgan fingerprint density at radius 1 is 1.07 bits per heavy atom. The second-order valence-electron chi connectivity index (χ2n) is 5.65. The van der Waals surface area contributed by atoms with Gasteiger partial charge in [-0.1, -0.05) is 53.7 Å². The minimum Gasteiger partial charge on any atom is -0.322 e. The Hall–Kier alpha value is -2.77. The van der Waals surface area contributed by atoms with E-state index in [2.05, 4.69) is 15.8 Å². The summed E-state index contributed by atoms with van der Waals surface area (Å²) in [6.45, 7) is 0. The molecule has 1 aromatic heterocycles. The summed E-state index contributed by atoms with van der Waals surface area (Å²) in [4.78, 5) is 28.3. The molecule has 27 heavy (non-hydrogen) atoms. The van der Waals surface area contributed by atoms with E-state index in [1.807, 2.05) is 41.9 Å². The van der Waals surface area contributed by atoms with Gasteiger partial charge in [-0.05, 0) is 29.8 Å². The first kappa shape index (κ1) is 19.0. The van der Waals surface area contributed by atoms with Crippen LogP contribution in [0.1, 0.15) is 10.4 Å². The first-order valence-electron chi connectivity index (χ1n) is 8.09. The number of nitrogens with zero attached hydrogens (tertiary/aromatic N) is 2. The zero-order valence-electron chi connectivity index (χ0n) is 14.5. The van der Waals surface area contributed by atoms with Gasteiger partial charge in [0.25, 0.3) is 5.91 Å². The van der Waals surface area contributed by atoms with Crippen LogP contribution < -0.4 is 10.9 Å². The van der Waals surface area contributed by atoms with Gasteiger partial charge in [0.05, 0.1) is 17.6 Å². The van der Waals surface area contributed by atoms with Gasteiger partial charge in [0.2, 0.25) is 5.91 Å². The number of amides is 2. The molecule has 2 N–H and O–H groups in total. The van der Waals surface area contributed by atoms with Gasteiger partial charge < -0.3 is 4.57 Å². The van der Waals surface area contributed by atoms with E-state index in [0.717, 1.165) is 11.3 Å². The number of rotatable bonds is 5. The topological polar surface area (TPSA) is 76.0 Å². The van der Waals surface area contributed by atoms with Crippen molar-refractivity contribution in [2.75, 3.05) is 5.75 Å². The van der Waals surface area contributed by atoms with E-state index in [4.69, 9.17) is 11.6 Å². The van der Waals surface area contributed by atoms with Crippen LogP contribution in [0, 0.1) is 0 Å². The minimum atomic E-state index is -0.409. The van der Waals surface area contributed by atoms with Gasteiger partial charge in [-0.25, -0.2) is 4.98 Å². The maximum atomic E-state index is 12.0. The molecule has 6 nitrogen and oxygen atoms in total. The first-order valence-corrected chi connectivity index (χ1v) is 9.45. The number of hydrogen-bond donors (Lipinski definition) is 2. The van der Waals surface area contributed by atoms with Gasteiger partial charge in [0.1, 0.15) is 0 Å². The molecule has 0 atom stereocenters. The van der Waals surface area contributed by atoms with Crippen LogP contribution in [0.15, 0.2) is 66.0 Å². The number of carbonyl (C=O) groups excluding carboxylic acids is 2. The summed E-state index contributed by atoms with van der Waals surface area (Å²) in [5, 5.41) is 1.25. The second kappa shape index (κ2) is 8.75. The van der Waals surface area contributed by atoms with Crippen molar-refractivity contribution in [3.63, 3.8) is 0 Å². The highest BCUT2D eigenvalue weighted by Crippen LogP contribution is 2.24. The van der Waals surface area contributed by atoms with Crippen LogP contribution in [0.25, 0.3) is 11.3 Å². The van der Waals surface area contributed by atoms with E-state index >= 15 is 0 Å². The average Bonchev–Trinajstić information content (AvgIpc) is 3.06. The predicted octanol–water partition coefficient (Wildman–Crippen LogP) is 3.29. The molecule has 0 spiro atoms. The van der Waals surface area contributed by atoms with E-state index in [-0.39, 0.29) is 11.7 Å². The first-order chi connectivity index (χ1) is 13.0. The molecular weight excluding hydrogens is 384 g/mol. The smallest absolute Gasteiger partial charge is 0.269 e. The normalized spacial score (nSPS) is 10.4. The Bertz CT molecular complexity index is 942. The van der Waals surface area contributed by atoms with Crippen LogP contribution in [0.5, 0.6) is 0 Å². The molecule has 1 heterocycles. The summed E-state index contributed by atoms with van der Waals surface area (Å²) in [5.41, 5.74) is 7.20. The number of halogens is 1.